The van der Waals surface area contributed by atoms with Gasteiger partial charge in [-0.3, -0.25) is 9.97 Å². The monoisotopic (exact) mass is 794 g/mol. The van der Waals surface area contributed by atoms with Gasteiger partial charge in [0.1, 0.15) is 42.5 Å². The summed E-state index contributed by atoms with van der Waals surface area (Å²) in [5.41, 5.74) is 8.80. The van der Waals surface area contributed by atoms with Crippen molar-refractivity contribution in [3.05, 3.63) is 108 Å². The van der Waals surface area contributed by atoms with Gasteiger partial charge in [0, 0.05) is 54.3 Å². The van der Waals surface area contributed by atoms with Crippen molar-refractivity contribution < 1.29 is 29.2 Å². The second-order valence-electron chi connectivity index (χ2n) is 14.6. The number of carbonyl (C=O) groups is 1. The van der Waals surface area contributed by atoms with Gasteiger partial charge in [-0.2, -0.15) is 20.7 Å². The second-order valence-corrected chi connectivity index (χ2v) is 14.6. The number of aromatic nitrogens is 6. The molecule has 8 rings (SSSR count). The highest BCUT2D eigenvalue weighted by atomic mass is 16.6. The molecule has 59 heavy (non-hydrogen) atoms. The molecule has 0 saturated carbocycles. The molecule has 300 valence electrons. The topological polar surface area (TPSA) is 208 Å². The molecule has 3 N–H and O–H groups in total. The summed E-state index contributed by atoms with van der Waals surface area (Å²) in [7, 11) is 0. The molecule has 0 radical (unpaired) electrons. The van der Waals surface area contributed by atoms with Crippen molar-refractivity contribution in [2.24, 2.45) is 0 Å². The molecule has 6 aromatic rings. The van der Waals surface area contributed by atoms with E-state index < -0.39 is 5.60 Å². The molecule has 6 aromatic heterocycles. The number of carbonyl (C=O) groups excluding carboxylic acids is 1. The largest absolute Gasteiger partial charge is 0.490 e. The van der Waals surface area contributed by atoms with Crippen LogP contribution in [0.1, 0.15) is 43.3 Å². The van der Waals surface area contributed by atoms with Crippen LogP contribution in [0.3, 0.4) is 0 Å². The van der Waals surface area contributed by atoms with E-state index in [2.05, 4.69) is 43.7 Å². The van der Waals surface area contributed by atoms with Crippen molar-refractivity contribution in [2.75, 3.05) is 52.6 Å². The van der Waals surface area contributed by atoms with Gasteiger partial charge in [-0.25, -0.2) is 13.8 Å². The lowest BCUT2D eigenvalue weighted by Gasteiger charge is -2.24. The van der Waals surface area contributed by atoms with Crippen LogP contribution in [0.25, 0.3) is 44.4 Å². The summed E-state index contributed by atoms with van der Waals surface area (Å²) in [6.45, 7) is 8.27. The zero-order valence-corrected chi connectivity index (χ0v) is 32.8. The number of ether oxygens (including phenoxy) is 3. The molecule has 0 fully saturated rings. The van der Waals surface area contributed by atoms with Gasteiger partial charge in [0.05, 0.1) is 78.1 Å². The minimum absolute atomic E-state index is 0.0741. The zero-order valence-electron chi connectivity index (χ0n) is 32.8. The molecule has 0 atom stereocenters. The maximum absolute atomic E-state index is 12.3. The summed E-state index contributed by atoms with van der Waals surface area (Å²) < 4.78 is 19.8. The standard InChI is InChI=1S/C24H25N5O4.C19H17N5O2/c1-24(2,3)33-23(31)28-7-6-17(14-28)21-5-4-16(12-26-21)20-10-19(32-9-8-30)15-29-22(20)18(11-25)13-27-29;20-8-15-11-23-24-12-16(26-6-5-25)7-17(19(15)24)13-1-2-18(22-10-13)14-3-4-21-9-14/h4-6,10,12-13,15,30H,7-9,14H2,1-3H3;1-3,7,10-12,21,25H,4-6,9H2. The van der Waals surface area contributed by atoms with Crippen LogP contribution in [-0.2, 0) is 4.74 Å². The first-order valence-corrected chi connectivity index (χ1v) is 18.9. The molecule has 0 saturated heterocycles. The Labute approximate surface area is 339 Å². The van der Waals surface area contributed by atoms with E-state index in [9.17, 15) is 15.3 Å². The minimum Gasteiger partial charge on any atom is -0.490 e. The number of nitrogens with one attached hydrogen (secondary N) is 1. The van der Waals surface area contributed by atoms with Crippen LogP contribution in [-0.4, -0.2) is 109 Å². The number of fused-ring (bicyclic) bond motifs is 2. The number of hydrogen-bond acceptors (Lipinski definition) is 13. The quantitative estimate of drug-likeness (QED) is 0.169. The number of hydrogen-bond donors (Lipinski definition) is 3. The maximum Gasteiger partial charge on any atom is 0.410 e. The predicted octanol–water partition coefficient (Wildman–Crippen LogP) is 4.90. The normalized spacial score (nSPS) is 13.6. The Balaban J connectivity index is 0.000000184. The van der Waals surface area contributed by atoms with Gasteiger partial charge in [-0.1, -0.05) is 24.3 Å². The van der Waals surface area contributed by atoms with Gasteiger partial charge in [-0.05, 0) is 56.2 Å². The first-order valence-electron chi connectivity index (χ1n) is 18.9. The van der Waals surface area contributed by atoms with Crippen LogP contribution >= 0.6 is 0 Å². The Morgan fingerprint density at radius 2 is 1.34 bits per heavy atom. The zero-order chi connectivity index (χ0) is 41.5. The number of nitrogens with zero attached hydrogens (tertiary/aromatic N) is 9. The summed E-state index contributed by atoms with van der Waals surface area (Å²) in [6.07, 6.45) is 13.7. The van der Waals surface area contributed by atoms with Gasteiger partial charge < -0.3 is 34.6 Å². The van der Waals surface area contributed by atoms with Crippen LogP contribution < -0.4 is 14.8 Å². The molecule has 0 unspecified atom stereocenters. The smallest absolute Gasteiger partial charge is 0.410 e. The lowest BCUT2D eigenvalue weighted by Crippen LogP contribution is -2.35. The fourth-order valence-electron chi connectivity index (χ4n) is 6.64. The molecular weight excluding hydrogens is 753 g/mol. The molecule has 0 spiro atoms. The van der Waals surface area contributed by atoms with Crippen LogP contribution in [0.4, 0.5) is 4.79 Å². The van der Waals surface area contributed by atoms with Gasteiger partial charge >= 0.3 is 6.09 Å². The number of aliphatic hydroxyl groups is 2. The third-order valence-corrected chi connectivity index (χ3v) is 9.32. The van der Waals surface area contributed by atoms with Crippen molar-refractivity contribution >= 4 is 28.3 Å². The highest BCUT2D eigenvalue weighted by Crippen LogP contribution is 2.33. The minimum atomic E-state index is -0.545. The van der Waals surface area contributed by atoms with E-state index >= 15 is 0 Å². The Morgan fingerprint density at radius 1 is 0.797 bits per heavy atom. The van der Waals surface area contributed by atoms with E-state index in [1.165, 1.54) is 18.0 Å². The first-order chi connectivity index (χ1) is 28.6. The van der Waals surface area contributed by atoms with Gasteiger partial charge in [0.25, 0.3) is 0 Å². The molecule has 0 aliphatic carbocycles. The molecule has 0 aromatic carbocycles. The van der Waals surface area contributed by atoms with Crippen LogP contribution in [0.15, 0.2) is 85.7 Å². The molecular formula is C43H42N10O6. The van der Waals surface area contributed by atoms with Crippen molar-refractivity contribution in [2.45, 2.75) is 26.4 Å². The fourth-order valence-corrected chi connectivity index (χ4v) is 6.64. The molecule has 16 heteroatoms. The number of rotatable bonds is 10. The van der Waals surface area contributed by atoms with Crippen molar-refractivity contribution in [1.29, 1.82) is 10.5 Å². The van der Waals surface area contributed by atoms with Gasteiger partial charge in [0.15, 0.2) is 0 Å². The second kappa shape index (κ2) is 17.6. The van der Waals surface area contributed by atoms with Crippen LogP contribution in [0, 0.1) is 22.7 Å². The Kier molecular flexibility index (Phi) is 11.9. The highest BCUT2D eigenvalue weighted by Gasteiger charge is 2.26. The summed E-state index contributed by atoms with van der Waals surface area (Å²) in [4.78, 5) is 23.1. The van der Waals surface area contributed by atoms with Crippen molar-refractivity contribution in [3.8, 4) is 45.9 Å². The van der Waals surface area contributed by atoms with E-state index in [4.69, 9.17) is 24.4 Å². The number of pyridine rings is 4. The van der Waals surface area contributed by atoms with Gasteiger partial charge in [-0.15, -0.1) is 0 Å². The summed E-state index contributed by atoms with van der Waals surface area (Å²) in [5.74, 6) is 1.09. The average molecular weight is 795 g/mol. The summed E-state index contributed by atoms with van der Waals surface area (Å²) >= 11 is 0. The third kappa shape index (κ3) is 9.06. The molecule has 16 nitrogen and oxygen atoms in total. The maximum atomic E-state index is 12.3. The SMILES string of the molecule is CC(C)(C)OC(=O)N1CC=C(c2ccc(-c3cc(OCCO)cn4ncc(C#N)c34)cn2)C1.N#Cc1cnn2cc(OCCO)cc(-c3ccc(C4=CCNC4)nc3)c12. The molecule has 2 aliphatic rings. The van der Waals surface area contributed by atoms with E-state index in [0.29, 0.717) is 46.7 Å². The van der Waals surface area contributed by atoms with Crippen molar-refractivity contribution in [1.82, 2.24) is 39.4 Å². The third-order valence-electron chi connectivity index (χ3n) is 9.32. The highest BCUT2D eigenvalue weighted by molar-refractivity contribution is 5.87. The fraction of sp³-hybridized carbons (Fsp3) is 0.279. The van der Waals surface area contributed by atoms with Crippen LogP contribution in [0.5, 0.6) is 11.5 Å². The Hall–Kier alpha value is -7.11. The lowest BCUT2D eigenvalue weighted by molar-refractivity contribution is 0.0306. The van der Waals surface area contributed by atoms with E-state index in [1.807, 2.05) is 63.2 Å². The average Bonchev–Trinajstić information content (AvgIpc) is 4.09. The van der Waals surface area contributed by atoms with Crippen molar-refractivity contribution in [3.63, 3.8) is 0 Å². The predicted molar refractivity (Wildman–Crippen MR) is 218 cm³/mol. The van der Waals surface area contributed by atoms with E-state index in [1.54, 1.807) is 38.7 Å². The molecule has 8 heterocycles. The number of aliphatic hydroxyl groups excluding tert-OH is 2. The summed E-state index contributed by atoms with van der Waals surface area (Å²) in [5, 5.41) is 48.7. The summed E-state index contributed by atoms with van der Waals surface area (Å²) in [6, 6.07) is 15.8. The lowest BCUT2D eigenvalue weighted by atomic mass is 10.0. The molecule has 2 aliphatic heterocycles. The van der Waals surface area contributed by atoms with E-state index in [-0.39, 0.29) is 32.5 Å². The molecule has 1 amide bonds. The Morgan fingerprint density at radius 3 is 1.78 bits per heavy atom. The van der Waals surface area contributed by atoms with E-state index in [0.717, 1.165) is 52.3 Å². The number of nitriles is 2. The number of amides is 1. The van der Waals surface area contributed by atoms with Crippen LogP contribution in [0.2, 0.25) is 0 Å². The Bertz CT molecular complexity index is 2630. The van der Waals surface area contributed by atoms with Gasteiger partial charge in [0.2, 0.25) is 0 Å². The molecule has 0 bridgehead atoms. The first kappa shape index (κ1) is 40.1.